The van der Waals surface area contributed by atoms with Gasteiger partial charge in [0.05, 0.1) is 5.69 Å². The monoisotopic (exact) mass is 279 g/mol. The minimum atomic E-state index is 0.543. The summed E-state index contributed by atoms with van der Waals surface area (Å²) in [7, 11) is 0. The number of piperidine rings is 1. The van der Waals surface area contributed by atoms with E-state index < -0.39 is 0 Å². The van der Waals surface area contributed by atoms with E-state index >= 15 is 0 Å². The number of thiazole rings is 1. The molecule has 2 unspecified atom stereocenters. The molecule has 1 N–H and O–H groups in total. The smallest absolute Gasteiger partial charge is 0.186 e. The Balaban J connectivity index is 1.75. The maximum atomic E-state index is 4.87. The Morgan fingerprint density at radius 1 is 1.37 bits per heavy atom. The predicted molar refractivity (Wildman–Crippen MR) is 82.2 cm³/mol. The van der Waals surface area contributed by atoms with Gasteiger partial charge in [-0.3, -0.25) is 0 Å². The third-order valence-electron chi connectivity index (χ3n) is 4.55. The number of anilines is 1. The lowest BCUT2D eigenvalue weighted by atomic mass is 9.98. The summed E-state index contributed by atoms with van der Waals surface area (Å²) in [6.45, 7) is 7.76. The quantitative estimate of drug-likeness (QED) is 0.916. The molecule has 3 heterocycles. The Morgan fingerprint density at radius 3 is 2.58 bits per heavy atom. The third kappa shape index (κ3) is 2.52. The highest BCUT2D eigenvalue weighted by Crippen LogP contribution is 2.40. The van der Waals surface area contributed by atoms with E-state index in [9.17, 15) is 0 Å². The average Bonchev–Trinajstić information content (AvgIpc) is 2.93. The summed E-state index contributed by atoms with van der Waals surface area (Å²) < 4.78 is 0. The lowest BCUT2D eigenvalue weighted by molar-refractivity contribution is 0.361. The van der Waals surface area contributed by atoms with Crippen molar-refractivity contribution in [2.45, 2.75) is 70.5 Å². The van der Waals surface area contributed by atoms with Crippen molar-refractivity contribution < 1.29 is 0 Å². The van der Waals surface area contributed by atoms with Crippen LogP contribution in [-0.2, 0) is 0 Å². The van der Waals surface area contributed by atoms with Gasteiger partial charge >= 0.3 is 0 Å². The fourth-order valence-corrected chi connectivity index (χ4v) is 4.73. The van der Waals surface area contributed by atoms with E-state index in [4.69, 9.17) is 4.98 Å². The molecule has 3 nitrogen and oxygen atoms in total. The van der Waals surface area contributed by atoms with Crippen molar-refractivity contribution in [2.75, 3.05) is 11.4 Å². The van der Waals surface area contributed by atoms with E-state index in [0.717, 1.165) is 12.6 Å². The molecule has 2 aliphatic rings. The van der Waals surface area contributed by atoms with E-state index in [1.165, 1.54) is 36.5 Å². The minimum Gasteiger partial charge on any atom is -0.342 e. The van der Waals surface area contributed by atoms with Crippen LogP contribution in [0.5, 0.6) is 0 Å². The molecular formula is C15H25N3S. The number of hydrogen-bond acceptors (Lipinski definition) is 4. The summed E-state index contributed by atoms with van der Waals surface area (Å²) in [6, 6.07) is 2.16. The molecule has 106 valence electrons. The second-order valence-electron chi connectivity index (χ2n) is 6.23. The summed E-state index contributed by atoms with van der Waals surface area (Å²) in [5.41, 5.74) is 1.26. The van der Waals surface area contributed by atoms with Crippen LogP contribution in [0.15, 0.2) is 5.38 Å². The molecule has 0 radical (unpaired) electrons. The summed E-state index contributed by atoms with van der Waals surface area (Å²) in [6.07, 6.45) is 5.29. The van der Waals surface area contributed by atoms with Gasteiger partial charge in [-0.2, -0.15) is 0 Å². The molecular weight excluding hydrogens is 254 g/mol. The third-order valence-corrected chi connectivity index (χ3v) is 5.42. The molecule has 19 heavy (non-hydrogen) atoms. The van der Waals surface area contributed by atoms with Crippen molar-refractivity contribution in [1.29, 1.82) is 0 Å². The van der Waals surface area contributed by atoms with Crippen LogP contribution in [0.25, 0.3) is 0 Å². The largest absolute Gasteiger partial charge is 0.342 e. The van der Waals surface area contributed by atoms with E-state index in [0.29, 0.717) is 18.0 Å². The van der Waals surface area contributed by atoms with Gasteiger partial charge in [0.25, 0.3) is 0 Å². The second-order valence-corrected chi connectivity index (χ2v) is 7.06. The minimum absolute atomic E-state index is 0.543. The summed E-state index contributed by atoms with van der Waals surface area (Å²) >= 11 is 1.84. The fraction of sp³-hybridized carbons (Fsp3) is 0.800. The van der Waals surface area contributed by atoms with Gasteiger partial charge in [-0.25, -0.2) is 4.98 Å². The topological polar surface area (TPSA) is 28.2 Å². The first kappa shape index (κ1) is 13.4. The van der Waals surface area contributed by atoms with Crippen molar-refractivity contribution in [3.05, 3.63) is 11.1 Å². The Hall–Kier alpha value is -0.610. The van der Waals surface area contributed by atoms with Gasteiger partial charge in [-0.15, -0.1) is 11.3 Å². The second kappa shape index (κ2) is 5.41. The molecule has 0 amide bonds. The van der Waals surface area contributed by atoms with Crippen LogP contribution in [0.3, 0.4) is 0 Å². The van der Waals surface area contributed by atoms with Crippen molar-refractivity contribution >= 4 is 16.5 Å². The highest BCUT2D eigenvalue weighted by Gasteiger charge is 2.41. The zero-order chi connectivity index (χ0) is 13.4. The van der Waals surface area contributed by atoms with Crippen molar-refractivity contribution in [3.63, 3.8) is 0 Å². The molecule has 1 aromatic heterocycles. The molecule has 3 rings (SSSR count). The molecule has 2 atom stereocenters. The van der Waals surface area contributed by atoms with Gasteiger partial charge < -0.3 is 10.2 Å². The average molecular weight is 279 g/mol. The predicted octanol–water partition coefficient (Wildman–Crippen LogP) is 3.38. The van der Waals surface area contributed by atoms with E-state index in [1.807, 2.05) is 11.3 Å². The summed E-state index contributed by atoms with van der Waals surface area (Å²) in [5, 5.41) is 7.15. The van der Waals surface area contributed by atoms with Crippen LogP contribution in [-0.4, -0.2) is 29.7 Å². The fourth-order valence-electron chi connectivity index (χ4n) is 3.60. The molecule has 2 aliphatic heterocycles. The van der Waals surface area contributed by atoms with Gasteiger partial charge in [0.15, 0.2) is 5.13 Å². The first-order valence-corrected chi connectivity index (χ1v) is 8.54. The van der Waals surface area contributed by atoms with Crippen LogP contribution < -0.4 is 10.2 Å². The molecule has 0 aliphatic carbocycles. The SMILES string of the molecule is CCNC1CC2CCC(C1)N2c1nc(C(C)C)cs1. The molecule has 1 aromatic rings. The maximum absolute atomic E-state index is 4.87. The van der Waals surface area contributed by atoms with Gasteiger partial charge in [-0.1, -0.05) is 20.8 Å². The van der Waals surface area contributed by atoms with E-state index in [-0.39, 0.29) is 0 Å². The number of nitrogens with one attached hydrogen (secondary N) is 1. The molecule has 0 spiro atoms. The molecule has 0 aromatic carbocycles. The Morgan fingerprint density at radius 2 is 2.05 bits per heavy atom. The summed E-state index contributed by atoms with van der Waals surface area (Å²) in [5.74, 6) is 0.543. The van der Waals surface area contributed by atoms with Crippen molar-refractivity contribution in [2.24, 2.45) is 0 Å². The van der Waals surface area contributed by atoms with Gasteiger partial charge in [0.1, 0.15) is 0 Å². The molecule has 2 bridgehead atoms. The van der Waals surface area contributed by atoms with Crippen LogP contribution in [0, 0.1) is 0 Å². The van der Waals surface area contributed by atoms with Crippen LogP contribution in [0.1, 0.15) is 58.1 Å². The van der Waals surface area contributed by atoms with Gasteiger partial charge in [0.2, 0.25) is 0 Å². The van der Waals surface area contributed by atoms with E-state index in [1.54, 1.807) is 0 Å². The zero-order valence-electron chi connectivity index (χ0n) is 12.2. The van der Waals surface area contributed by atoms with Crippen LogP contribution in [0.4, 0.5) is 5.13 Å². The molecule has 0 saturated carbocycles. The lowest BCUT2D eigenvalue weighted by Crippen LogP contribution is -2.49. The first-order chi connectivity index (χ1) is 9.19. The Kier molecular flexibility index (Phi) is 3.81. The highest BCUT2D eigenvalue weighted by molar-refractivity contribution is 7.13. The lowest BCUT2D eigenvalue weighted by Gasteiger charge is -2.39. The molecule has 2 saturated heterocycles. The first-order valence-electron chi connectivity index (χ1n) is 7.66. The maximum Gasteiger partial charge on any atom is 0.186 e. The Bertz CT molecular complexity index is 415. The molecule has 2 fully saturated rings. The summed E-state index contributed by atoms with van der Waals surface area (Å²) in [4.78, 5) is 7.50. The number of nitrogens with zero attached hydrogens (tertiary/aromatic N) is 2. The number of hydrogen-bond donors (Lipinski definition) is 1. The van der Waals surface area contributed by atoms with Gasteiger partial charge in [0, 0.05) is 23.5 Å². The highest BCUT2D eigenvalue weighted by atomic mass is 32.1. The Labute approximate surface area is 120 Å². The van der Waals surface area contributed by atoms with E-state index in [2.05, 4.69) is 36.4 Å². The van der Waals surface area contributed by atoms with Crippen LogP contribution in [0.2, 0.25) is 0 Å². The normalized spacial score (nSPS) is 30.3. The van der Waals surface area contributed by atoms with Crippen LogP contribution >= 0.6 is 11.3 Å². The zero-order valence-corrected chi connectivity index (χ0v) is 13.0. The number of aromatic nitrogens is 1. The standard InChI is InChI=1S/C15H25N3S/c1-4-16-11-7-12-5-6-13(8-11)18(12)15-17-14(9-19-15)10(2)3/h9-13,16H,4-8H2,1-3H3. The number of fused-ring (bicyclic) bond motifs is 2. The number of rotatable bonds is 4. The van der Waals surface area contributed by atoms with Crippen molar-refractivity contribution in [3.8, 4) is 0 Å². The molecule has 4 heteroatoms. The van der Waals surface area contributed by atoms with Gasteiger partial charge in [-0.05, 0) is 38.1 Å². The van der Waals surface area contributed by atoms with Crippen molar-refractivity contribution in [1.82, 2.24) is 10.3 Å².